The first-order valence-electron chi connectivity index (χ1n) is 12.8. The van der Waals surface area contributed by atoms with E-state index in [4.69, 9.17) is 0 Å². The van der Waals surface area contributed by atoms with Crippen molar-refractivity contribution >= 4 is 5.91 Å². The standard InChI is InChI=1S/C29H39N3O/c1-30(2)29-18-25(23-12-6-3-7-13-23)27(26(19-29)24-14-8-4-9-15-24)20-32(22-29)28(33)21-31-16-10-5-11-17-31/h3-4,6-9,12-15,25-27H,5,10-11,16-22H2,1-2H3. The maximum absolute atomic E-state index is 13.7. The number of likely N-dealkylation sites (N-methyl/N-ethyl adjacent to an activating group) is 1. The largest absolute Gasteiger partial charge is 0.339 e. The second kappa shape index (κ2) is 9.60. The molecule has 33 heavy (non-hydrogen) atoms. The summed E-state index contributed by atoms with van der Waals surface area (Å²) in [5.74, 6) is 1.69. The average molecular weight is 446 g/mol. The lowest BCUT2D eigenvalue weighted by Gasteiger charge is -2.49. The van der Waals surface area contributed by atoms with E-state index in [1.54, 1.807) is 0 Å². The van der Waals surface area contributed by atoms with Crippen LogP contribution in [0.25, 0.3) is 0 Å². The van der Waals surface area contributed by atoms with Crippen molar-refractivity contribution in [2.75, 3.05) is 46.8 Å². The van der Waals surface area contributed by atoms with Crippen LogP contribution < -0.4 is 0 Å². The molecule has 4 aliphatic rings. The molecule has 4 heteroatoms. The third-order valence-corrected chi connectivity index (χ3v) is 8.71. The number of amides is 1. The highest BCUT2D eigenvalue weighted by Gasteiger charge is 2.53. The Balaban J connectivity index is 1.51. The van der Waals surface area contributed by atoms with Crippen LogP contribution in [0.1, 0.15) is 55.1 Å². The van der Waals surface area contributed by atoms with Gasteiger partial charge in [0.1, 0.15) is 0 Å². The molecule has 0 N–H and O–H groups in total. The molecule has 0 radical (unpaired) electrons. The quantitative estimate of drug-likeness (QED) is 0.673. The van der Waals surface area contributed by atoms with Gasteiger partial charge in [-0.05, 0) is 81.7 Å². The highest BCUT2D eigenvalue weighted by molar-refractivity contribution is 5.78. The minimum absolute atomic E-state index is 0.00836. The van der Waals surface area contributed by atoms with Gasteiger partial charge in [0, 0.05) is 18.6 Å². The number of piperidine rings is 1. The topological polar surface area (TPSA) is 26.8 Å². The molecule has 2 aromatic carbocycles. The second-order valence-electron chi connectivity index (χ2n) is 10.8. The number of carbonyl (C=O) groups excluding carboxylic acids is 1. The molecule has 4 nitrogen and oxygen atoms in total. The monoisotopic (exact) mass is 445 g/mol. The van der Waals surface area contributed by atoms with Gasteiger partial charge in [0.2, 0.25) is 5.91 Å². The van der Waals surface area contributed by atoms with Crippen LogP contribution in [-0.4, -0.2) is 73.0 Å². The maximum atomic E-state index is 13.7. The summed E-state index contributed by atoms with van der Waals surface area (Å²) in [5.41, 5.74) is 2.85. The van der Waals surface area contributed by atoms with Crippen molar-refractivity contribution in [1.29, 1.82) is 0 Å². The fourth-order valence-electron chi connectivity index (χ4n) is 6.78. The van der Waals surface area contributed by atoms with Crippen molar-refractivity contribution in [2.45, 2.75) is 49.5 Å². The van der Waals surface area contributed by atoms with E-state index in [0.29, 0.717) is 30.2 Å². The van der Waals surface area contributed by atoms with E-state index in [9.17, 15) is 4.79 Å². The molecule has 6 rings (SSSR count). The number of nitrogens with zero attached hydrogens (tertiary/aromatic N) is 3. The number of carbonyl (C=O) groups is 1. The number of benzene rings is 2. The molecule has 1 amide bonds. The number of fused-ring (bicyclic) bond motifs is 4. The predicted molar refractivity (Wildman–Crippen MR) is 134 cm³/mol. The summed E-state index contributed by atoms with van der Waals surface area (Å²) >= 11 is 0. The summed E-state index contributed by atoms with van der Waals surface area (Å²) in [6.45, 7) is 4.43. The molecule has 2 aromatic rings. The Morgan fingerprint density at radius 1 is 0.879 bits per heavy atom. The van der Waals surface area contributed by atoms with Gasteiger partial charge in [0.05, 0.1) is 6.54 Å². The van der Waals surface area contributed by atoms with Gasteiger partial charge >= 0.3 is 0 Å². The van der Waals surface area contributed by atoms with Crippen LogP contribution in [0.5, 0.6) is 0 Å². The third-order valence-electron chi connectivity index (χ3n) is 8.71. The van der Waals surface area contributed by atoms with E-state index in [2.05, 4.69) is 89.5 Å². The zero-order chi connectivity index (χ0) is 22.8. The smallest absolute Gasteiger partial charge is 0.236 e. The van der Waals surface area contributed by atoms with E-state index >= 15 is 0 Å². The summed E-state index contributed by atoms with van der Waals surface area (Å²) in [6, 6.07) is 22.1. The molecule has 1 aliphatic carbocycles. The summed E-state index contributed by atoms with van der Waals surface area (Å²) in [6.07, 6.45) is 5.99. The number of rotatable bonds is 5. The van der Waals surface area contributed by atoms with Gasteiger partial charge in [0.25, 0.3) is 0 Å². The first-order chi connectivity index (χ1) is 16.1. The average Bonchev–Trinajstić information content (AvgIpc) is 3.14. The van der Waals surface area contributed by atoms with Crippen LogP contribution in [0.4, 0.5) is 0 Å². The molecular formula is C29H39N3O. The highest BCUT2D eigenvalue weighted by Crippen LogP contribution is 2.54. The zero-order valence-electron chi connectivity index (χ0n) is 20.3. The zero-order valence-corrected chi connectivity index (χ0v) is 20.3. The molecule has 2 unspecified atom stereocenters. The van der Waals surface area contributed by atoms with E-state index in [1.165, 1.54) is 30.4 Å². The Bertz CT molecular complexity index is 873. The molecule has 3 heterocycles. The SMILES string of the molecule is CN(C)C12CC(c3ccccc3)C(CN(C(=O)CN3CCCCC3)C1)C(c1ccccc1)C2. The Hall–Kier alpha value is -2.17. The van der Waals surface area contributed by atoms with Gasteiger partial charge in [-0.25, -0.2) is 0 Å². The van der Waals surface area contributed by atoms with Crippen LogP contribution in [0, 0.1) is 5.92 Å². The normalized spacial score (nSPS) is 30.4. The third kappa shape index (κ3) is 4.61. The molecule has 2 bridgehead atoms. The molecular weight excluding hydrogens is 406 g/mol. The molecule has 176 valence electrons. The summed E-state index contributed by atoms with van der Waals surface area (Å²) in [7, 11) is 4.45. The van der Waals surface area contributed by atoms with Gasteiger partial charge in [-0.3, -0.25) is 9.69 Å². The van der Waals surface area contributed by atoms with Crippen molar-refractivity contribution in [3.05, 3.63) is 71.8 Å². The summed E-state index contributed by atoms with van der Waals surface area (Å²) in [5, 5.41) is 0. The lowest BCUT2D eigenvalue weighted by Crippen LogP contribution is -2.55. The number of likely N-dealkylation sites (tertiary alicyclic amines) is 1. The van der Waals surface area contributed by atoms with Gasteiger partial charge < -0.3 is 9.80 Å². The molecule has 3 aliphatic heterocycles. The van der Waals surface area contributed by atoms with Crippen molar-refractivity contribution in [1.82, 2.24) is 14.7 Å². The van der Waals surface area contributed by atoms with Crippen molar-refractivity contribution in [3.8, 4) is 0 Å². The fourth-order valence-corrected chi connectivity index (χ4v) is 6.78. The fraction of sp³-hybridized carbons (Fsp3) is 0.552. The molecule has 2 atom stereocenters. The lowest BCUT2D eigenvalue weighted by molar-refractivity contribution is -0.134. The van der Waals surface area contributed by atoms with E-state index in [1.807, 2.05) is 0 Å². The van der Waals surface area contributed by atoms with Crippen LogP contribution in [-0.2, 0) is 4.79 Å². The molecule has 0 aromatic heterocycles. The minimum atomic E-state index is -0.00836. The summed E-state index contributed by atoms with van der Waals surface area (Å²) in [4.78, 5) is 20.7. The predicted octanol–water partition coefficient (Wildman–Crippen LogP) is 4.59. The first-order valence-corrected chi connectivity index (χ1v) is 12.8. The van der Waals surface area contributed by atoms with Crippen LogP contribution in [0.2, 0.25) is 0 Å². The van der Waals surface area contributed by atoms with Gasteiger partial charge in [-0.15, -0.1) is 0 Å². The van der Waals surface area contributed by atoms with Gasteiger partial charge in [0.15, 0.2) is 0 Å². The number of hydrogen-bond acceptors (Lipinski definition) is 3. The van der Waals surface area contributed by atoms with E-state index in [0.717, 1.165) is 39.0 Å². The Morgan fingerprint density at radius 2 is 1.42 bits per heavy atom. The van der Waals surface area contributed by atoms with Crippen LogP contribution in [0.15, 0.2) is 60.7 Å². The minimum Gasteiger partial charge on any atom is -0.339 e. The molecule has 1 saturated carbocycles. The maximum Gasteiger partial charge on any atom is 0.236 e. The van der Waals surface area contributed by atoms with Crippen molar-refractivity contribution < 1.29 is 4.79 Å². The molecule has 4 fully saturated rings. The van der Waals surface area contributed by atoms with Crippen LogP contribution >= 0.6 is 0 Å². The lowest BCUT2D eigenvalue weighted by atomic mass is 9.61. The Kier molecular flexibility index (Phi) is 6.58. The van der Waals surface area contributed by atoms with Crippen LogP contribution in [0.3, 0.4) is 0 Å². The first kappa shape index (κ1) is 22.6. The van der Waals surface area contributed by atoms with Gasteiger partial charge in [-0.1, -0.05) is 67.1 Å². The molecule has 3 saturated heterocycles. The number of hydrogen-bond donors (Lipinski definition) is 0. The van der Waals surface area contributed by atoms with Gasteiger partial charge in [-0.2, -0.15) is 0 Å². The van der Waals surface area contributed by atoms with E-state index < -0.39 is 0 Å². The Morgan fingerprint density at radius 3 is 1.94 bits per heavy atom. The van der Waals surface area contributed by atoms with Crippen molar-refractivity contribution in [2.24, 2.45) is 5.92 Å². The second-order valence-corrected chi connectivity index (χ2v) is 10.8. The molecule has 0 spiro atoms. The Labute approximate surface area is 199 Å². The summed E-state index contributed by atoms with van der Waals surface area (Å²) < 4.78 is 0. The highest BCUT2D eigenvalue weighted by atomic mass is 16.2. The van der Waals surface area contributed by atoms with Crippen molar-refractivity contribution in [3.63, 3.8) is 0 Å². The van der Waals surface area contributed by atoms with E-state index in [-0.39, 0.29) is 5.54 Å².